The highest BCUT2D eigenvalue weighted by molar-refractivity contribution is 7.89. The fourth-order valence-electron chi connectivity index (χ4n) is 1.77. The average molecular weight is 403 g/mol. The zero-order valence-corrected chi connectivity index (χ0v) is 15.7. The molecule has 0 saturated carbocycles. The molecule has 25 heavy (non-hydrogen) atoms. The van der Waals surface area contributed by atoms with Crippen LogP contribution in [-0.4, -0.2) is 45.3 Å². The summed E-state index contributed by atoms with van der Waals surface area (Å²) in [6.45, 7) is -0.501. The van der Waals surface area contributed by atoms with Gasteiger partial charge in [0.15, 0.2) is 6.61 Å². The van der Waals surface area contributed by atoms with Gasteiger partial charge in [-0.05, 0) is 30.3 Å². The van der Waals surface area contributed by atoms with Crippen LogP contribution in [0.15, 0.2) is 41.3 Å². The zero-order chi connectivity index (χ0) is 18.6. The first-order chi connectivity index (χ1) is 11.7. The van der Waals surface area contributed by atoms with Crippen molar-refractivity contribution in [1.29, 1.82) is 0 Å². The van der Waals surface area contributed by atoms with Crippen LogP contribution in [0.3, 0.4) is 0 Å². The molecule has 134 valence electrons. The van der Waals surface area contributed by atoms with Crippen molar-refractivity contribution in [3.05, 3.63) is 45.6 Å². The van der Waals surface area contributed by atoms with Gasteiger partial charge in [-0.2, -0.15) is 0 Å². The van der Waals surface area contributed by atoms with Crippen molar-refractivity contribution < 1.29 is 22.7 Å². The second-order valence-corrected chi connectivity index (χ2v) is 8.91. The van der Waals surface area contributed by atoms with E-state index >= 15 is 0 Å². The molecular weight excluding hydrogens is 388 g/mol. The van der Waals surface area contributed by atoms with Crippen molar-refractivity contribution in [3.63, 3.8) is 0 Å². The minimum atomic E-state index is -3.61. The van der Waals surface area contributed by atoms with E-state index in [1.54, 1.807) is 6.07 Å². The van der Waals surface area contributed by atoms with E-state index in [4.69, 9.17) is 16.3 Å². The lowest BCUT2D eigenvalue weighted by Gasteiger charge is -2.12. The predicted molar refractivity (Wildman–Crippen MR) is 95.6 cm³/mol. The number of thiophene rings is 1. The van der Waals surface area contributed by atoms with Gasteiger partial charge in [-0.1, -0.05) is 17.7 Å². The Hall–Kier alpha value is -1.94. The Morgan fingerprint density at radius 2 is 1.96 bits per heavy atom. The Morgan fingerprint density at radius 3 is 2.56 bits per heavy atom. The lowest BCUT2D eigenvalue weighted by Crippen LogP contribution is -2.23. The molecule has 0 saturated heterocycles. The fourth-order valence-corrected chi connectivity index (χ4v) is 3.65. The molecule has 1 aromatic heterocycles. The highest BCUT2D eigenvalue weighted by Crippen LogP contribution is 2.22. The second-order valence-electron chi connectivity index (χ2n) is 5.04. The van der Waals surface area contributed by atoms with Gasteiger partial charge in [0, 0.05) is 19.8 Å². The van der Waals surface area contributed by atoms with Gasteiger partial charge in [-0.3, -0.25) is 4.79 Å². The second kappa shape index (κ2) is 7.96. The van der Waals surface area contributed by atoms with Crippen LogP contribution >= 0.6 is 22.9 Å². The van der Waals surface area contributed by atoms with E-state index in [0.717, 1.165) is 15.6 Å². The summed E-state index contributed by atoms with van der Waals surface area (Å²) < 4.78 is 30.6. The smallest absolute Gasteiger partial charge is 0.348 e. The Bertz CT molecular complexity index is 893. The molecule has 7 nitrogen and oxygen atoms in total. The molecule has 0 unspecified atom stereocenters. The normalized spacial score (nSPS) is 11.4. The molecule has 0 aliphatic heterocycles. The Labute approximate surface area is 154 Å². The van der Waals surface area contributed by atoms with Crippen LogP contribution in [0.1, 0.15) is 9.67 Å². The largest absolute Gasteiger partial charge is 0.451 e. The highest BCUT2D eigenvalue weighted by atomic mass is 35.5. The minimum absolute atomic E-state index is 0.0422. The van der Waals surface area contributed by atoms with Crippen LogP contribution in [0.2, 0.25) is 4.34 Å². The lowest BCUT2D eigenvalue weighted by atomic mass is 10.3. The van der Waals surface area contributed by atoms with E-state index in [1.807, 2.05) is 0 Å². The van der Waals surface area contributed by atoms with Crippen LogP contribution in [0, 0.1) is 0 Å². The molecule has 1 amide bonds. The predicted octanol–water partition coefficient (Wildman–Crippen LogP) is 2.45. The number of ether oxygens (including phenoxy) is 1. The number of nitrogens with zero attached hydrogens (tertiary/aromatic N) is 1. The third kappa shape index (κ3) is 5.02. The van der Waals surface area contributed by atoms with E-state index in [0.29, 0.717) is 4.34 Å². The molecule has 1 aromatic carbocycles. The van der Waals surface area contributed by atoms with Gasteiger partial charge in [0.05, 0.1) is 9.23 Å². The maximum Gasteiger partial charge on any atom is 0.348 e. The van der Waals surface area contributed by atoms with Gasteiger partial charge in [-0.25, -0.2) is 17.5 Å². The summed E-state index contributed by atoms with van der Waals surface area (Å²) in [7, 11) is -0.782. The molecule has 0 spiro atoms. The summed E-state index contributed by atoms with van der Waals surface area (Å²) in [5, 5.41) is 2.48. The third-order valence-corrected chi connectivity index (χ3v) is 6.03. The first-order valence-electron chi connectivity index (χ1n) is 6.95. The van der Waals surface area contributed by atoms with Crippen molar-refractivity contribution in [1.82, 2.24) is 4.31 Å². The molecule has 10 heteroatoms. The topological polar surface area (TPSA) is 92.8 Å². The van der Waals surface area contributed by atoms with Crippen LogP contribution in [0.25, 0.3) is 0 Å². The number of hydrogen-bond acceptors (Lipinski definition) is 6. The van der Waals surface area contributed by atoms with E-state index in [-0.39, 0.29) is 15.5 Å². The Balaban J connectivity index is 1.98. The summed E-state index contributed by atoms with van der Waals surface area (Å²) in [5.74, 6) is -1.24. The molecule has 1 N–H and O–H groups in total. The number of benzene rings is 1. The first kappa shape index (κ1) is 19.4. The molecule has 0 aliphatic rings. The molecule has 2 aromatic rings. The van der Waals surface area contributed by atoms with Crippen LogP contribution in [-0.2, 0) is 19.6 Å². The number of esters is 1. The monoisotopic (exact) mass is 402 g/mol. The summed E-state index contributed by atoms with van der Waals surface area (Å²) in [6, 6.07) is 8.85. The van der Waals surface area contributed by atoms with Crippen LogP contribution in [0.4, 0.5) is 5.69 Å². The van der Waals surface area contributed by atoms with Crippen molar-refractivity contribution in [2.75, 3.05) is 26.0 Å². The van der Waals surface area contributed by atoms with Crippen LogP contribution in [0.5, 0.6) is 0 Å². The SMILES string of the molecule is CN(C)S(=O)(=O)c1cccc(NC(=O)COC(=O)c2ccc(Cl)s2)c1. The lowest BCUT2D eigenvalue weighted by molar-refractivity contribution is -0.119. The van der Waals surface area contributed by atoms with Crippen molar-refractivity contribution in [2.45, 2.75) is 4.90 Å². The fraction of sp³-hybridized carbons (Fsp3) is 0.200. The quantitative estimate of drug-likeness (QED) is 0.749. The number of halogens is 1. The number of carbonyl (C=O) groups is 2. The maximum absolute atomic E-state index is 12.1. The summed E-state index contributed by atoms with van der Waals surface area (Å²) >= 11 is 6.77. The van der Waals surface area contributed by atoms with Gasteiger partial charge in [0.25, 0.3) is 5.91 Å². The van der Waals surface area contributed by atoms with E-state index in [9.17, 15) is 18.0 Å². The Morgan fingerprint density at radius 1 is 1.24 bits per heavy atom. The van der Waals surface area contributed by atoms with E-state index in [2.05, 4.69) is 5.32 Å². The minimum Gasteiger partial charge on any atom is -0.451 e. The van der Waals surface area contributed by atoms with Crippen molar-refractivity contribution in [3.8, 4) is 0 Å². The molecule has 0 aliphatic carbocycles. The number of carbonyl (C=O) groups excluding carboxylic acids is 2. The standard InChI is InChI=1S/C15H15ClN2O5S2/c1-18(2)25(21,22)11-5-3-4-10(8-11)17-14(19)9-23-15(20)12-6-7-13(16)24-12/h3-8H,9H2,1-2H3,(H,17,19). The van der Waals surface area contributed by atoms with Gasteiger partial charge in [-0.15, -0.1) is 11.3 Å². The maximum atomic E-state index is 12.1. The molecule has 0 bridgehead atoms. The molecule has 0 fully saturated rings. The van der Waals surface area contributed by atoms with Crippen molar-refractivity contribution >= 4 is 50.5 Å². The molecule has 0 atom stereocenters. The molecule has 2 rings (SSSR count). The molecular formula is C15H15ClN2O5S2. The summed E-state index contributed by atoms with van der Waals surface area (Å²) in [4.78, 5) is 23.9. The number of nitrogens with one attached hydrogen (secondary N) is 1. The average Bonchev–Trinajstić information content (AvgIpc) is 2.99. The van der Waals surface area contributed by atoms with E-state index in [1.165, 1.54) is 44.4 Å². The number of sulfonamides is 1. The van der Waals surface area contributed by atoms with Gasteiger partial charge >= 0.3 is 5.97 Å². The first-order valence-corrected chi connectivity index (χ1v) is 9.58. The number of amides is 1. The zero-order valence-electron chi connectivity index (χ0n) is 13.4. The number of hydrogen-bond donors (Lipinski definition) is 1. The molecule has 1 heterocycles. The summed E-state index contributed by atoms with van der Waals surface area (Å²) in [6.07, 6.45) is 0. The van der Waals surface area contributed by atoms with Gasteiger partial charge in [0.2, 0.25) is 10.0 Å². The highest BCUT2D eigenvalue weighted by Gasteiger charge is 2.18. The Kier molecular flexibility index (Phi) is 6.17. The molecule has 0 radical (unpaired) electrons. The number of anilines is 1. The van der Waals surface area contributed by atoms with Crippen molar-refractivity contribution in [2.24, 2.45) is 0 Å². The summed E-state index contributed by atoms with van der Waals surface area (Å²) in [5.41, 5.74) is 0.281. The van der Waals surface area contributed by atoms with Gasteiger partial charge in [0.1, 0.15) is 4.88 Å². The van der Waals surface area contributed by atoms with E-state index < -0.39 is 28.5 Å². The third-order valence-electron chi connectivity index (χ3n) is 3.01. The number of rotatable bonds is 6. The van der Waals surface area contributed by atoms with Gasteiger partial charge < -0.3 is 10.1 Å². The van der Waals surface area contributed by atoms with Crippen LogP contribution < -0.4 is 5.32 Å².